The van der Waals surface area contributed by atoms with Crippen LogP contribution in [0.25, 0.3) is 0 Å². The van der Waals surface area contributed by atoms with Crippen molar-refractivity contribution in [3.63, 3.8) is 0 Å². The topological polar surface area (TPSA) is 54.4 Å². The molecule has 3 heterocycles. The first kappa shape index (κ1) is 15.8. The zero-order valence-electron chi connectivity index (χ0n) is 13.5. The Hall–Kier alpha value is -2.05. The molecule has 1 saturated heterocycles. The number of aromatic nitrogens is 3. The third-order valence-corrected chi connectivity index (χ3v) is 4.02. The largest absolute Gasteiger partial charge is 0.374 e. The van der Waals surface area contributed by atoms with E-state index in [0.29, 0.717) is 0 Å². The second kappa shape index (κ2) is 7.99. The maximum atomic E-state index is 5.95. The molecule has 0 spiro atoms. The molecule has 1 atom stereocenters. The van der Waals surface area contributed by atoms with Crippen LogP contribution in [0.2, 0.25) is 0 Å². The van der Waals surface area contributed by atoms with Gasteiger partial charge in [0.15, 0.2) is 5.82 Å². The molecule has 0 aromatic carbocycles. The molecule has 0 bridgehead atoms. The highest BCUT2D eigenvalue weighted by Crippen LogP contribution is 2.14. The van der Waals surface area contributed by atoms with E-state index in [2.05, 4.69) is 38.0 Å². The van der Waals surface area contributed by atoms with E-state index in [1.165, 1.54) is 0 Å². The van der Waals surface area contributed by atoms with Gasteiger partial charge in [0, 0.05) is 45.1 Å². The highest BCUT2D eigenvalue weighted by atomic mass is 16.5. The van der Waals surface area contributed by atoms with Gasteiger partial charge in [-0.25, -0.2) is 0 Å². The highest BCUT2D eigenvalue weighted by molar-refractivity contribution is 5.36. The first-order chi connectivity index (χ1) is 11.3. The van der Waals surface area contributed by atoms with E-state index in [9.17, 15) is 0 Å². The average molecular weight is 313 g/mol. The fourth-order valence-electron chi connectivity index (χ4n) is 2.85. The number of nitrogens with zero attached hydrogens (tertiary/aromatic N) is 5. The number of pyridine rings is 1. The van der Waals surface area contributed by atoms with Gasteiger partial charge >= 0.3 is 0 Å². The quantitative estimate of drug-likeness (QED) is 0.807. The van der Waals surface area contributed by atoms with Crippen molar-refractivity contribution in [3.8, 4) is 0 Å². The molecule has 3 rings (SSSR count). The lowest BCUT2D eigenvalue weighted by Gasteiger charge is -2.35. The summed E-state index contributed by atoms with van der Waals surface area (Å²) in [5, 5.41) is 8.17. The lowest BCUT2D eigenvalue weighted by Crippen LogP contribution is -2.47. The molecule has 122 valence electrons. The van der Waals surface area contributed by atoms with E-state index >= 15 is 0 Å². The van der Waals surface area contributed by atoms with Gasteiger partial charge in [0.1, 0.15) is 0 Å². The highest BCUT2D eigenvalue weighted by Gasteiger charge is 2.23. The predicted octanol–water partition coefficient (Wildman–Crippen LogP) is 1.60. The Kier molecular flexibility index (Phi) is 5.50. The van der Waals surface area contributed by atoms with Gasteiger partial charge in [0.25, 0.3) is 0 Å². The molecule has 0 amide bonds. The van der Waals surface area contributed by atoms with E-state index < -0.39 is 0 Å². The Bertz CT molecular complexity index is 580. The first-order valence-electron chi connectivity index (χ1n) is 8.11. The molecule has 0 unspecified atom stereocenters. The molecule has 0 radical (unpaired) electrons. The monoisotopic (exact) mass is 313 g/mol. The van der Waals surface area contributed by atoms with Gasteiger partial charge in [-0.15, -0.1) is 5.10 Å². The number of ether oxygens (including phenoxy) is 1. The Morgan fingerprint density at radius 1 is 1.26 bits per heavy atom. The van der Waals surface area contributed by atoms with E-state index in [4.69, 9.17) is 4.74 Å². The van der Waals surface area contributed by atoms with Crippen LogP contribution in [0.3, 0.4) is 0 Å². The normalized spacial score (nSPS) is 18.7. The van der Waals surface area contributed by atoms with E-state index in [0.717, 1.165) is 50.8 Å². The summed E-state index contributed by atoms with van der Waals surface area (Å²) in [4.78, 5) is 9.03. The van der Waals surface area contributed by atoms with Crippen molar-refractivity contribution in [3.05, 3.63) is 48.4 Å². The second-order valence-corrected chi connectivity index (χ2v) is 5.67. The minimum atomic E-state index is 0.175. The van der Waals surface area contributed by atoms with Crippen molar-refractivity contribution in [2.75, 3.05) is 37.7 Å². The van der Waals surface area contributed by atoms with Gasteiger partial charge in [0.05, 0.1) is 18.4 Å². The van der Waals surface area contributed by atoms with Crippen LogP contribution in [0.4, 0.5) is 5.82 Å². The van der Waals surface area contributed by atoms with Crippen molar-refractivity contribution in [2.45, 2.75) is 19.6 Å². The number of anilines is 1. The molecule has 1 aliphatic heterocycles. The van der Waals surface area contributed by atoms with Crippen LogP contribution in [-0.2, 0) is 11.3 Å². The van der Waals surface area contributed by atoms with Crippen LogP contribution in [0, 0.1) is 0 Å². The molecule has 0 saturated carbocycles. The van der Waals surface area contributed by atoms with Crippen molar-refractivity contribution < 1.29 is 4.74 Å². The average Bonchev–Trinajstić information content (AvgIpc) is 2.62. The first-order valence-corrected chi connectivity index (χ1v) is 8.11. The van der Waals surface area contributed by atoms with Crippen molar-refractivity contribution in [1.29, 1.82) is 0 Å². The zero-order valence-corrected chi connectivity index (χ0v) is 13.5. The Morgan fingerprint density at radius 3 is 2.96 bits per heavy atom. The summed E-state index contributed by atoms with van der Waals surface area (Å²) in [5.74, 6) is 0.903. The maximum Gasteiger partial charge on any atom is 0.151 e. The second-order valence-electron chi connectivity index (χ2n) is 5.67. The van der Waals surface area contributed by atoms with Crippen LogP contribution in [0.15, 0.2) is 42.7 Å². The van der Waals surface area contributed by atoms with Crippen molar-refractivity contribution >= 4 is 5.82 Å². The van der Waals surface area contributed by atoms with Gasteiger partial charge in [0.2, 0.25) is 0 Å². The van der Waals surface area contributed by atoms with Gasteiger partial charge in [-0.1, -0.05) is 6.07 Å². The number of hydrogen-bond acceptors (Lipinski definition) is 6. The fraction of sp³-hybridized carbons (Fsp3) is 0.471. The summed E-state index contributed by atoms with van der Waals surface area (Å²) >= 11 is 0. The summed E-state index contributed by atoms with van der Waals surface area (Å²) in [6.07, 6.45) is 3.72. The summed E-state index contributed by atoms with van der Waals surface area (Å²) in [6, 6.07) is 9.96. The number of hydrogen-bond donors (Lipinski definition) is 0. The van der Waals surface area contributed by atoms with Crippen molar-refractivity contribution in [2.24, 2.45) is 0 Å². The third kappa shape index (κ3) is 4.46. The standard InChI is InChI=1S/C17H23N5O/c1-2-22(17-7-5-9-19-20-17)14-16-13-21(10-11-23-16)12-15-6-3-4-8-18-15/h3-9,16H,2,10-14H2,1H3/t16-/m0/s1. The third-order valence-electron chi connectivity index (χ3n) is 4.02. The van der Waals surface area contributed by atoms with E-state index in [-0.39, 0.29) is 6.10 Å². The molecule has 2 aromatic rings. The van der Waals surface area contributed by atoms with Crippen LogP contribution in [0.1, 0.15) is 12.6 Å². The summed E-state index contributed by atoms with van der Waals surface area (Å²) in [5.41, 5.74) is 1.11. The molecular formula is C17H23N5O. The lowest BCUT2D eigenvalue weighted by molar-refractivity contribution is -0.0272. The maximum absolute atomic E-state index is 5.95. The minimum Gasteiger partial charge on any atom is -0.374 e. The number of morpholine rings is 1. The smallest absolute Gasteiger partial charge is 0.151 e. The summed E-state index contributed by atoms with van der Waals surface area (Å²) in [7, 11) is 0. The SMILES string of the molecule is CCN(C[C@@H]1CN(Cc2ccccn2)CCO1)c1cccnn1. The Labute approximate surface area is 137 Å². The van der Waals surface area contributed by atoms with Crippen LogP contribution < -0.4 is 4.90 Å². The molecule has 23 heavy (non-hydrogen) atoms. The van der Waals surface area contributed by atoms with Crippen LogP contribution in [-0.4, -0.2) is 59.0 Å². The molecule has 1 fully saturated rings. The molecule has 6 nitrogen and oxygen atoms in total. The lowest BCUT2D eigenvalue weighted by atomic mass is 10.2. The number of likely N-dealkylation sites (N-methyl/N-ethyl adjacent to an activating group) is 1. The fourth-order valence-corrected chi connectivity index (χ4v) is 2.85. The molecule has 0 aliphatic carbocycles. The van der Waals surface area contributed by atoms with E-state index in [1.807, 2.05) is 30.5 Å². The minimum absolute atomic E-state index is 0.175. The molecule has 0 N–H and O–H groups in total. The van der Waals surface area contributed by atoms with Gasteiger partial charge in [-0.05, 0) is 31.2 Å². The summed E-state index contributed by atoms with van der Waals surface area (Å²) < 4.78 is 5.95. The molecule has 6 heteroatoms. The molecule has 1 aliphatic rings. The van der Waals surface area contributed by atoms with Gasteiger partial charge in [-0.3, -0.25) is 9.88 Å². The molecule has 2 aromatic heterocycles. The Morgan fingerprint density at radius 2 is 2.22 bits per heavy atom. The van der Waals surface area contributed by atoms with Crippen LogP contribution >= 0.6 is 0 Å². The van der Waals surface area contributed by atoms with Crippen molar-refractivity contribution in [1.82, 2.24) is 20.1 Å². The van der Waals surface area contributed by atoms with E-state index in [1.54, 1.807) is 6.20 Å². The number of rotatable bonds is 6. The van der Waals surface area contributed by atoms with Gasteiger partial charge < -0.3 is 9.64 Å². The zero-order chi connectivity index (χ0) is 15.9. The van der Waals surface area contributed by atoms with Crippen LogP contribution in [0.5, 0.6) is 0 Å². The predicted molar refractivity (Wildman–Crippen MR) is 89.2 cm³/mol. The van der Waals surface area contributed by atoms with Gasteiger partial charge in [-0.2, -0.15) is 5.10 Å². The summed E-state index contributed by atoms with van der Waals surface area (Å²) in [6.45, 7) is 7.33. The molecular weight excluding hydrogens is 290 g/mol. The Balaban J connectivity index is 1.57.